The van der Waals surface area contributed by atoms with E-state index in [0.717, 1.165) is 32.6 Å². The number of carbonyl (C=O) groups excluding carboxylic acids is 2. The number of hydrogen-bond acceptors (Lipinski definition) is 3. The minimum atomic E-state index is -0.269. The fourth-order valence-corrected chi connectivity index (χ4v) is 1.97. The molecule has 1 rings (SSSR count). The Morgan fingerprint density at radius 1 is 1.06 bits per heavy atom. The van der Waals surface area contributed by atoms with Crippen molar-refractivity contribution in [3.63, 3.8) is 0 Å². The van der Waals surface area contributed by atoms with Crippen molar-refractivity contribution in [3.8, 4) is 0 Å². The highest BCUT2D eigenvalue weighted by molar-refractivity contribution is 5.85. The van der Waals surface area contributed by atoms with E-state index in [0.29, 0.717) is 13.0 Å². The van der Waals surface area contributed by atoms with E-state index in [-0.39, 0.29) is 17.1 Å². The van der Waals surface area contributed by atoms with E-state index in [1.807, 2.05) is 32.6 Å². The Balaban J connectivity index is 2.36. The molecule has 18 heavy (non-hydrogen) atoms. The van der Waals surface area contributed by atoms with Crippen LogP contribution in [0, 0.1) is 5.41 Å². The molecule has 0 atom stereocenters. The lowest BCUT2D eigenvalue weighted by molar-refractivity contribution is -0.133. The average Bonchev–Trinajstić information content (AvgIpc) is 2.29. The van der Waals surface area contributed by atoms with Gasteiger partial charge in [0.05, 0.1) is 6.54 Å². The lowest BCUT2D eigenvalue weighted by atomic mass is 9.90. The van der Waals surface area contributed by atoms with E-state index in [9.17, 15) is 9.59 Å². The van der Waals surface area contributed by atoms with Gasteiger partial charge in [0.15, 0.2) is 5.78 Å². The molecule has 0 aliphatic carbocycles. The molecule has 0 aromatic rings. The number of Topliss-reactive ketones (excluding diaryl/α,β-unsaturated/α-hetero) is 1. The maximum absolute atomic E-state index is 11.9. The van der Waals surface area contributed by atoms with Crippen LogP contribution in [0.5, 0.6) is 0 Å². The molecule has 1 saturated heterocycles. The van der Waals surface area contributed by atoms with Crippen molar-refractivity contribution in [2.24, 2.45) is 5.41 Å². The van der Waals surface area contributed by atoms with Crippen molar-refractivity contribution >= 4 is 11.7 Å². The van der Waals surface area contributed by atoms with E-state index in [4.69, 9.17) is 0 Å². The monoisotopic (exact) mass is 254 g/mol. The second kappa shape index (κ2) is 6.32. The van der Waals surface area contributed by atoms with Crippen LogP contribution in [-0.2, 0) is 9.59 Å². The third-order valence-corrected chi connectivity index (χ3v) is 3.39. The molecule has 0 N–H and O–H groups in total. The van der Waals surface area contributed by atoms with Crippen molar-refractivity contribution in [1.29, 1.82) is 0 Å². The summed E-state index contributed by atoms with van der Waals surface area (Å²) in [6.07, 6.45) is 1.54. The molecule has 0 radical (unpaired) electrons. The van der Waals surface area contributed by atoms with Crippen molar-refractivity contribution < 1.29 is 9.59 Å². The summed E-state index contributed by atoms with van der Waals surface area (Å²) in [5.41, 5.74) is -0.269. The number of rotatable bonds is 4. The maximum Gasteiger partial charge on any atom is 0.222 e. The van der Waals surface area contributed by atoms with Gasteiger partial charge in [-0.2, -0.15) is 0 Å². The zero-order valence-corrected chi connectivity index (χ0v) is 12.2. The highest BCUT2D eigenvalue weighted by Gasteiger charge is 2.26. The summed E-state index contributed by atoms with van der Waals surface area (Å²) in [4.78, 5) is 27.7. The standard InChI is InChI=1S/C14H26N2O2/c1-5-6-13(18)16-9-7-15(8-10-16)11-12(17)14(2,3)4/h5-11H2,1-4H3. The zero-order valence-electron chi connectivity index (χ0n) is 12.2. The van der Waals surface area contributed by atoms with Gasteiger partial charge < -0.3 is 4.90 Å². The molecule has 1 aliphatic heterocycles. The first-order valence-electron chi connectivity index (χ1n) is 6.88. The molecule has 1 heterocycles. The normalized spacial score (nSPS) is 17.9. The van der Waals surface area contributed by atoms with Crippen LogP contribution in [0.1, 0.15) is 40.5 Å². The van der Waals surface area contributed by atoms with Gasteiger partial charge in [-0.3, -0.25) is 14.5 Å². The van der Waals surface area contributed by atoms with E-state index >= 15 is 0 Å². The molecule has 4 nitrogen and oxygen atoms in total. The van der Waals surface area contributed by atoms with E-state index in [2.05, 4.69) is 4.90 Å². The summed E-state index contributed by atoms with van der Waals surface area (Å²) in [5.74, 6) is 0.523. The predicted octanol–water partition coefficient (Wildman–Crippen LogP) is 1.55. The largest absolute Gasteiger partial charge is 0.340 e. The van der Waals surface area contributed by atoms with E-state index in [1.54, 1.807) is 0 Å². The first-order chi connectivity index (χ1) is 8.34. The van der Waals surface area contributed by atoms with Gasteiger partial charge in [-0.1, -0.05) is 27.7 Å². The molecule has 0 aromatic heterocycles. The molecule has 0 spiro atoms. The Kier molecular flexibility index (Phi) is 5.32. The SMILES string of the molecule is CCCC(=O)N1CCN(CC(=O)C(C)(C)C)CC1. The Hall–Kier alpha value is -0.900. The van der Waals surface area contributed by atoms with Crippen LogP contribution < -0.4 is 0 Å². The molecule has 1 fully saturated rings. The Labute approximate surface area is 110 Å². The Bertz CT molecular complexity index is 299. The van der Waals surface area contributed by atoms with Crippen LogP contribution in [0.4, 0.5) is 0 Å². The average molecular weight is 254 g/mol. The molecule has 104 valence electrons. The molecule has 0 bridgehead atoms. The molecular weight excluding hydrogens is 228 g/mol. The molecule has 0 saturated carbocycles. The van der Waals surface area contributed by atoms with Crippen molar-refractivity contribution in [2.75, 3.05) is 32.7 Å². The zero-order chi connectivity index (χ0) is 13.8. The summed E-state index contributed by atoms with van der Waals surface area (Å²) in [5, 5.41) is 0. The molecule has 1 amide bonds. The topological polar surface area (TPSA) is 40.6 Å². The summed E-state index contributed by atoms with van der Waals surface area (Å²) < 4.78 is 0. The number of ketones is 1. The van der Waals surface area contributed by atoms with Gasteiger partial charge in [-0.25, -0.2) is 0 Å². The Morgan fingerprint density at radius 3 is 2.06 bits per heavy atom. The molecule has 0 aromatic carbocycles. The number of hydrogen-bond donors (Lipinski definition) is 0. The fraction of sp³-hybridized carbons (Fsp3) is 0.857. The van der Waals surface area contributed by atoms with Crippen LogP contribution in [0.3, 0.4) is 0 Å². The van der Waals surface area contributed by atoms with Crippen LogP contribution in [-0.4, -0.2) is 54.2 Å². The number of amides is 1. The Morgan fingerprint density at radius 2 is 1.61 bits per heavy atom. The van der Waals surface area contributed by atoms with Crippen LogP contribution in [0.15, 0.2) is 0 Å². The second-order valence-corrected chi connectivity index (χ2v) is 6.08. The summed E-state index contributed by atoms with van der Waals surface area (Å²) in [6, 6.07) is 0. The highest BCUT2D eigenvalue weighted by Crippen LogP contribution is 2.16. The molecule has 1 aliphatic rings. The third kappa shape index (κ3) is 4.41. The van der Waals surface area contributed by atoms with Gasteiger partial charge in [0, 0.05) is 38.0 Å². The summed E-state index contributed by atoms with van der Waals surface area (Å²) in [6.45, 7) is 11.6. The third-order valence-electron chi connectivity index (χ3n) is 3.39. The number of carbonyl (C=O) groups is 2. The second-order valence-electron chi connectivity index (χ2n) is 6.08. The van der Waals surface area contributed by atoms with Gasteiger partial charge in [0.2, 0.25) is 5.91 Å². The summed E-state index contributed by atoms with van der Waals surface area (Å²) >= 11 is 0. The lowest BCUT2D eigenvalue weighted by Gasteiger charge is -2.35. The van der Waals surface area contributed by atoms with Gasteiger partial charge in [-0.15, -0.1) is 0 Å². The molecule has 0 unspecified atom stereocenters. The van der Waals surface area contributed by atoms with Crippen LogP contribution in [0.2, 0.25) is 0 Å². The highest BCUT2D eigenvalue weighted by atomic mass is 16.2. The first kappa shape index (κ1) is 15.2. The number of nitrogens with zero attached hydrogens (tertiary/aromatic N) is 2. The van der Waals surface area contributed by atoms with Gasteiger partial charge in [-0.05, 0) is 6.42 Å². The molecular formula is C14H26N2O2. The maximum atomic E-state index is 11.9. The minimum Gasteiger partial charge on any atom is -0.340 e. The quantitative estimate of drug-likeness (QED) is 0.764. The predicted molar refractivity (Wildman–Crippen MR) is 72.4 cm³/mol. The number of piperazine rings is 1. The first-order valence-corrected chi connectivity index (χ1v) is 6.88. The minimum absolute atomic E-state index is 0.249. The molecule has 4 heteroatoms. The van der Waals surface area contributed by atoms with E-state index in [1.165, 1.54) is 0 Å². The van der Waals surface area contributed by atoms with Crippen molar-refractivity contribution in [2.45, 2.75) is 40.5 Å². The summed E-state index contributed by atoms with van der Waals surface area (Å²) in [7, 11) is 0. The van der Waals surface area contributed by atoms with Gasteiger partial charge in [0.1, 0.15) is 0 Å². The van der Waals surface area contributed by atoms with Crippen LogP contribution in [0.25, 0.3) is 0 Å². The van der Waals surface area contributed by atoms with Crippen molar-refractivity contribution in [1.82, 2.24) is 9.80 Å². The van der Waals surface area contributed by atoms with Gasteiger partial charge in [0.25, 0.3) is 0 Å². The van der Waals surface area contributed by atoms with Gasteiger partial charge >= 0.3 is 0 Å². The van der Waals surface area contributed by atoms with Crippen molar-refractivity contribution in [3.05, 3.63) is 0 Å². The fourth-order valence-electron chi connectivity index (χ4n) is 1.97. The lowest BCUT2D eigenvalue weighted by Crippen LogP contribution is -2.50. The van der Waals surface area contributed by atoms with Crippen LogP contribution >= 0.6 is 0 Å². The van der Waals surface area contributed by atoms with E-state index < -0.39 is 0 Å². The smallest absolute Gasteiger partial charge is 0.222 e.